The minimum absolute atomic E-state index is 0.0323. The number of carbonyl (C=O) groups excluding carboxylic acids is 1. The Morgan fingerprint density at radius 1 is 1.33 bits per heavy atom. The highest BCUT2D eigenvalue weighted by Gasteiger charge is 2.21. The summed E-state index contributed by atoms with van der Waals surface area (Å²) in [6.45, 7) is 8.97. The molecule has 0 aromatic carbocycles. The molecule has 0 rings (SSSR count). The average Bonchev–Trinajstić information content (AvgIpc) is 1.82. The molecule has 0 heterocycles. The fourth-order valence-corrected chi connectivity index (χ4v) is 0.569. The fraction of sp³-hybridized carbons (Fsp3) is 0.778. The summed E-state index contributed by atoms with van der Waals surface area (Å²) in [5, 5.41) is 7.35. The molecular formula is C9H17NO2. The van der Waals surface area contributed by atoms with Gasteiger partial charge in [0.2, 0.25) is 0 Å². The van der Waals surface area contributed by atoms with Crippen LogP contribution >= 0.6 is 0 Å². The Labute approximate surface area is 73.6 Å². The van der Waals surface area contributed by atoms with E-state index in [9.17, 15) is 4.79 Å². The lowest BCUT2D eigenvalue weighted by molar-refractivity contribution is -0.146. The van der Waals surface area contributed by atoms with Crippen molar-refractivity contribution in [2.75, 3.05) is 0 Å². The van der Waals surface area contributed by atoms with Gasteiger partial charge in [0.05, 0.1) is 0 Å². The Morgan fingerprint density at radius 3 is 2.00 bits per heavy atom. The van der Waals surface area contributed by atoms with Gasteiger partial charge >= 0.3 is 5.97 Å². The Morgan fingerprint density at radius 2 is 1.75 bits per heavy atom. The summed E-state index contributed by atoms with van der Waals surface area (Å²) in [4.78, 5) is 11.2. The zero-order valence-corrected chi connectivity index (χ0v) is 8.39. The summed E-state index contributed by atoms with van der Waals surface area (Å²) in [6.07, 6.45) is 0. The molecule has 0 saturated carbocycles. The standard InChI is InChI=1S/C9H17NO2/c1-6(2)7(10)8(11)12-9(3,4)5/h6,10H,1-5H3. The zero-order valence-electron chi connectivity index (χ0n) is 8.39. The van der Waals surface area contributed by atoms with E-state index in [-0.39, 0.29) is 11.6 Å². The number of hydrogen-bond acceptors (Lipinski definition) is 3. The summed E-state index contributed by atoms with van der Waals surface area (Å²) in [5.41, 5.74) is -0.469. The largest absolute Gasteiger partial charge is 0.455 e. The number of esters is 1. The monoisotopic (exact) mass is 171 g/mol. The molecule has 0 aliphatic carbocycles. The first kappa shape index (κ1) is 11.1. The van der Waals surface area contributed by atoms with Gasteiger partial charge < -0.3 is 4.74 Å². The lowest BCUT2D eigenvalue weighted by Crippen LogP contribution is -2.30. The van der Waals surface area contributed by atoms with Gasteiger partial charge in [-0.3, -0.25) is 5.41 Å². The van der Waals surface area contributed by atoms with Gasteiger partial charge in [-0.25, -0.2) is 4.79 Å². The van der Waals surface area contributed by atoms with Gasteiger partial charge in [-0.1, -0.05) is 13.8 Å². The number of hydrogen-bond donors (Lipinski definition) is 1. The van der Waals surface area contributed by atoms with E-state index >= 15 is 0 Å². The molecule has 0 spiro atoms. The molecule has 0 atom stereocenters. The maximum atomic E-state index is 11.2. The summed E-state index contributed by atoms with van der Waals surface area (Å²) in [7, 11) is 0. The average molecular weight is 171 g/mol. The molecular weight excluding hydrogens is 154 g/mol. The highest BCUT2D eigenvalue weighted by molar-refractivity contribution is 6.35. The molecule has 0 unspecified atom stereocenters. The van der Waals surface area contributed by atoms with Gasteiger partial charge in [-0.05, 0) is 20.8 Å². The van der Waals surface area contributed by atoms with Gasteiger partial charge in [0.1, 0.15) is 11.3 Å². The minimum atomic E-state index is -0.516. The summed E-state index contributed by atoms with van der Waals surface area (Å²) >= 11 is 0. The molecule has 0 saturated heterocycles. The van der Waals surface area contributed by atoms with E-state index in [0.717, 1.165) is 0 Å². The first-order chi connectivity index (χ1) is 5.24. The van der Waals surface area contributed by atoms with Crippen molar-refractivity contribution in [3.8, 4) is 0 Å². The summed E-state index contributed by atoms with van der Waals surface area (Å²) in [6, 6.07) is 0. The van der Waals surface area contributed by atoms with Crippen LogP contribution in [-0.4, -0.2) is 17.3 Å². The number of carbonyl (C=O) groups is 1. The molecule has 1 N–H and O–H groups in total. The van der Waals surface area contributed by atoms with Crippen molar-refractivity contribution in [3.63, 3.8) is 0 Å². The second-order valence-electron chi connectivity index (χ2n) is 4.07. The van der Waals surface area contributed by atoms with Gasteiger partial charge in [0, 0.05) is 5.92 Å². The van der Waals surface area contributed by atoms with Crippen molar-refractivity contribution in [1.82, 2.24) is 0 Å². The van der Waals surface area contributed by atoms with Crippen LogP contribution in [0.15, 0.2) is 0 Å². The van der Waals surface area contributed by atoms with Crippen molar-refractivity contribution in [3.05, 3.63) is 0 Å². The summed E-state index contributed by atoms with van der Waals surface area (Å²) in [5.74, 6) is -0.586. The van der Waals surface area contributed by atoms with E-state index in [1.165, 1.54) is 0 Å². The quantitative estimate of drug-likeness (QED) is 0.510. The fourth-order valence-electron chi connectivity index (χ4n) is 0.569. The summed E-state index contributed by atoms with van der Waals surface area (Å²) < 4.78 is 5.00. The third-order valence-corrected chi connectivity index (χ3v) is 1.20. The van der Waals surface area contributed by atoms with Crippen molar-refractivity contribution in [2.24, 2.45) is 5.92 Å². The second-order valence-corrected chi connectivity index (χ2v) is 4.07. The molecule has 0 aromatic rings. The Balaban J connectivity index is 4.15. The Bertz CT molecular complexity index is 189. The molecule has 0 fully saturated rings. The molecule has 0 amide bonds. The van der Waals surface area contributed by atoms with Gasteiger partial charge in [-0.15, -0.1) is 0 Å². The topological polar surface area (TPSA) is 50.2 Å². The predicted molar refractivity (Wildman–Crippen MR) is 48.4 cm³/mol. The van der Waals surface area contributed by atoms with Crippen molar-refractivity contribution >= 4 is 11.7 Å². The second kappa shape index (κ2) is 3.70. The predicted octanol–water partition coefficient (Wildman–Crippen LogP) is 2.00. The van der Waals surface area contributed by atoms with E-state index in [2.05, 4.69) is 0 Å². The molecule has 3 nitrogen and oxygen atoms in total. The van der Waals surface area contributed by atoms with E-state index in [1.54, 1.807) is 34.6 Å². The maximum Gasteiger partial charge on any atom is 0.352 e. The molecule has 3 heteroatoms. The van der Waals surface area contributed by atoms with Crippen LogP contribution in [0, 0.1) is 11.3 Å². The van der Waals surface area contributed by atoms with E-state index < -0.39 is 11.6 Å². The number of nitrogens with one attached hydrogen (secondary N) is 1. The van der Waals surface area contributed by atoms with Crippen LogP contribution in [0.4, 0.5) is 0 Å². The lowest BCUT2D eigenvalue weighted by atomic mass is 10.1. The normalized spacial score (nSPS) is 11.5. The molecule has 0 aliphatic rings. The van der Waals surface area contributed by atoms with Crippen molar-refractivity contribution < 1.29 is 9.53 Å². The van der Waals surface area contributed by atoms with Crippen LogP contribution in [0.5, 0.6) is 0 Å². The first-order valence-corrected chi connectivity index (χ1v) is 4.06. The highest BCUT2D eigenvalue weighted by atomic mass is 16.6. The van der Waals surface area contributed by atoms with Crippen LogP contribution in [0.25, 0.3) is 0 Å². The smallest absolute Gasteiger partial charge is 0.352 e. The van der Waals surface area contributed by atoms with Crippen LogP contribution < -0.4 is 0 Å². The Kier molecular flexibility index (Phi) is 3.43. The van der Waals surface area contributed by atoms with Crippen molar-refractivity contribution in [2.45, 2.75) is 40.2 Å². The van der Waals surface area contributed by atoms with Gasteiger partial charge in [0.15, 0.2) is 0 Å². The lowest BCUT2D eigenvalue weighted by Gasteiger charge is -2.20. The number of ether oxygens (including phenoxy) is 1. The molecule has 12 heavy (non-hydrogen) atoms. The highest BCUT2D eigenvalue weighted by Crippen LogP contribution is 2.09. The van der Waals surface area contributed by atoms with Crippen LogP contribution in [0.2, 0.25) is 0 Å². The van der Waals surface area contributed by atoms with Crippen LogP contribution in [-0.2, 0) is 9.53 Å². The van der Waals surface area contributed by atoms with Gasteiger partial charge in [0.25, 0.3) is 0 Å². The Hall–Kier alpha value is -0.860. The van der Waals surface area contributed by atoms with Crippen molar-refractivity contribution in [1.29, 1.82) is 5.41 Å². The van der Waals surface area contributed by atoms with Crippen LogP contribution in [0.3, 0.4) is 0 Å². The third kappa shape index (κ3) is 4.11. The zero-order chi connectivity index (χ0) is 9.94. The molecule has 0 aliphatic heterocycles. The SMILES string of the molecule is CC(C)C(=N)C(=O)OC(C)(C)C. The van der Waals surface area contributed by atoms with Gasteiger partial charge in [-0.2, -0.15) is 0 Å². The van der Waals surface area contributed by atoms with Crippen LogP contribution in [0.1, 0.15) is 34.6 Å². The molecule has 0 aromatic heterocycles. The van der Waals surface area contributed by atoms with E-state index in [1.807, 2.05) is 0 Å². The first-order valence-electron chi connectivity index (χ1n) is 4.06. The minimum Gasteiger partial charge on any atom is -0.455 e. The van der Waals surface area contributed by atoms with E-state index in [4.69, 9.17) is 10.1 Å². The number of rotatable bonds is 2. The molecule has 0 bridgehead atoms. The van der Waals surface area contributed by atoms with E-state index in [0.29, 0.717) is 0 Å². The third-order valence-electron chi connectivity index (χ3n) is 1.20. The molecule has 0 radical (unpaired) electrons. The molecule has 70 valence electrons. The maximum absolute atomic E-state index is 11.2.